The maximum absolute atomic E-state index is 12.0. The first-order chi connectivity index (χ1) is 11.0. The number of hydrogen-bond acceptors (Lipinski definition) is 4. The molecule has 23 heavy (non-hydrogen) atoms. The summed E-state index contributed by atoms with van der Waals surface area (Å²) in [6.45, 7) is 9.71. The molecule has 0 spiro atoms. The molecule has 2 aromatic rings. The summed E-state index contributed by atoms with van der Waals surface area (Å²) >= 11 is 0. The van der Waals surface area contributed by atoms with Gasteiger partial charge in [0.2, 0.25) is 0 Å². The third-order valence-corrected chi connectivity index (χ3v) is 3.32. The van der Waals surface area contributed by atoms with Crippen LogP contribution in [0.15, 0.2) is 53.2 Å². The molecule has 0 atom stereocenters. The monoisotopic (exact) mass is 312 g/mol. The third kappa shape index (κ3) is 4.32. The van der Waals surface area contributed by atoms with Gasteiger partial charge < -0.3 is 14.6 Å². The van der Waals surface area contributed by atoms with Crippen LogP contribution < -0.4 is 10.1 Å². The van der Waals surface area contributed by atoms with E-state index in [-0.39, 0.29) is 5.91 Å². The van der Waals surface area contributed by atoms with Gasteiger partial charge in [-0.3, -0.25) is 4.79 Å². The van der Waals surface area contributed by atoms with Gasteiger partial charge in [0.05, 0.1) is 11.3 Å². The lowest BCUT2D eigenvalue weighted by atomic mass is 10.2. The van der Waals surface area contributed by atoms with E-state index in [0.29, 0.717) is 23.6 Å². The summed E-state index contributed by atoms with van der Waals surface area (Å²) in [6.07, 6.45) is 3.55. The van der Waals surface area contributed by atoms with Crippen LogP contribution >= 0.6 is 0 Å². The number of nitrogens with one attached hydrogen (secondary N) is 1. The van der Waals surface area contributed by atoms with E-state index in [9.17, 15) is 4.79 Å². The van der Waals surface area contributed by atoms with E-state index in [1.54, 1.807) is 30.3 Å². The number of aromatic nitrogens is 1. The SMILES string of the molecule is C=C(/C=C\C)NC(=O)c1ccc(OCc2c(C)noc2C)cc1. The maximum Gasteiger partial charge on any atom is 0.255 e. The van der Waals surface area contributed by atoms with E-state index in [2.05, 4.69) is 17.1 Å². The summed E-state index contributed by atoms with van der Waals surface area (Å²) in [7, 11) is 0. The van der Waals surface area contributed by atoms with Crippen LogP contribution in [0.4, 0.5) is 0 Å². The van der Waals surface area contributed by atoms with Crippen molar-refractivity contribution < 1.29 is 14.1 Å². The Morgan fingerprint density at radius 2 is 2.04 bits per heavy atom. The summed E-state index contributed by atoms with van der Waals surface area (Å²) < 4.78 is 10.8. The minimum Gasteiger partial charge on any atom is -0.489 e. The summed E-state index contributed by atoms with van der Waals surface area (Å²) in [5, 5.41) is 6.59. The molecule has 1 N–H and O–H groups in total. The van der Waals surface area contributed by atoms with Crippen molar-refractivity contribution in [3.8, 4) is 5.75 Å². The zero-order valence-electron chi connectivity index (χ0n) is 13.6. The van der Waals surface area contributed by atoms with Crippen LogP contribution in [-0.4, -0.2) is 11.1 Å². The van der Waals surface area contributed by atoms with Crippen LogP contribution in [0.5, 0.6) is 5.75 Å². The van der Waals surface area contributed by atoms with Crippen LogP contribution in [0.25, 0.3) is 0 Å². The van der Waals surface area contributed by atoms with Gasteiger partial charge in [-0.25, -0.2) is 0 Å². The molecule has 1 aromatic heterocycles. The van der Waals surface area contributed by atoms with E-state index >= 15 is 0 Å². The maximum atomic E-state index is 12.0. The number of allylic oxidation sites excluding steroid dienone is 2. The number of hydrogen-bond donors (Lipinski definition) is 1. The summed E-state index contributed by atoms with van der Waals surface area (Å²) in [6, 6.07) is 6.93. The number of benzene rings is 1. The topological polar surface area (TPSA) is 64.4 Å². The van der Waals surface area contributed by atoms with E-state index in [1.807, 2.05) is 26.8 Å². The molecule has 1 amide bonds. The number of carbonyl (C=O) groups is 1. The zero-order chi connectivity index (χ0) is 16.8. The molecule has 1 aromatic carbocycles. The van der Waals surface area contributed by atoms with Crippen molar-refractivity contribution in [2.75, 3.05) is 0 Å². The van der Waals surface area contributed by atoms with Gasteiger partial charge in [-0.05, 0) is 51.1 Å². The molecule has 0 unspecified atom stereocenters. The van der Waals surface area contributed by atoms with Crippen molar-refractivity contribution in [2.45, 2.75) is 27.4 Å². The second-order valence-corrected chi connectivity index (χ2v) is 5.10. The fourth-order valence-electron chi connectivity index (χ4n) is 2.03. The number of nitrogens with zero attached hydrogens (tertiary/aromatic N) is 1. The van der Waals surface area contributed by atoms with Crippen molar-refractivity contribution in [3.63, 3.8) is 0 Å². The largest absolute Gasteiger partial charge is 0.489 e. The first kappa shape index (κ1) is 16.5. The zero-order valence-corrected chi connectivity index (χ0v) is 13.6. The lowest BCUT2D eigenvalue weighted by Gasteiger charge is -2.08. The Kier molecular flexibility index (Phi) is 5.36. The van der Waals surface area contributed by atoms with Gasteiger partial charge in [0.25, 0.3) is 5.91 Å². The molecule has 0 bridgehead atoms. The van der Waals surface area contributed by atoms with E-state index < -0.39 is 0 Å². The molecule has 1 heterocycles. The van der Waals surface area contributed by atoms with Gasteiger partial charge in [0.1, 0.15) is 18.1 Å². The smallest absolute Gasteiger partial charge is 0.255 e. The summed E-state index contributed by atoms with van der Waals surface area (Å²) in [5.41, 5.74) is 2.85. The Labute approximate surface area is 135 Å². The minimum absolute atomic E-state index is 0.203. The van der Waals surface area contributed by atoms with E-state index in [1.165, 1.54) is 0 Å². The van der Waals surface area contributed by atoms with Crippen LogP contribution in [0.2, 0.25) is 0 Å². The number of carbonyl (C=O) groups excluding carboxylic acids is 1. The second-order valence-electron chi connectivity index (χ2n) is 5.10. The van der Waals surface area contributed by atoms with Gasteiger partial charge in [0, 0.05) is 11.3 Å². The van der Waals surface area contributed by atoms with Crippen LogP contribution in [0, 0.1) is 13.8 Å². The number of aryl methyl sites for hydroxylation is 2. The number of amides is 1. The van der Waals surface area contributed by atoms with E-state index in [0.717, 1.165) is 17.0 Å². The van der Waals surface area contributed by atoms with Gasteiger partial charge >= 0.3 is 0 Å². The lowest BCUT2D eigenvalue weighted by molar-refractivity contribution is 0.0967. The Morgan fingerprint density at radius 3 is 2.61 bits per heavy atom. The van der Waals surface area contributed by atoms with Gasteiger partial charge in [-0.15, -0.1) is 0 Å². The fraction of sp³-hybridized carbons (Fsp3) is 0.222. The Balaban J connectivity index is 1.97. The Hall–Kier alpha value is -2.82. The highest BCUT2D eigenvalue weighted by atomic mass is 16.5. The van der Waals surface area contributed by atoms with Gasteiger partial charge in [-0.2, -0.15) is 0 Å². The van der Waals surface area contributed by atoms with Crippen LogP contribution in [0.1, 0.15) is 34.3 Å². The lowest BCUT2D eigenvalue weighted by Crippen LogP contribution is -2.21. The molecule has 2 rings (SSSR count). The molecule has 0 fully saturated rings. The molecule has 0 aliphatic carbocycles. The predicted molar refractivity (Wildman–Crippen MR) is 88.2 cm³/mol. The molecule has 0 aliphatic heterocycles. The highest BCUT2D eigenvalue weighted by Gasteiger charge is 2.10. The second kappa shape index (κ2) is 7.45. The third-order valence-electron chi connectivity index (χ3n) is 3.32. The van der Waals surface area contributed by atoms with Gasteiger partial charge in [-0.1, -0.05) is 17.8 Å². The standard InChI is InChI=1S/C18H20N2O3/c1-5-6-12(2)19-18(21)15-7-9-16(10-8-15)22-11-17-13(3)20-23-14(17)4/h5-10H,2,11H2,1,3-4H3,(H,19,21)/b6-5-. The molecule has 5 nitrogen and oxygen atoms in total. The quantitative estimate of drug-likeness (QED) is 0.826. The number of ether oxygens (including phenoxy) is 1. The van der Waals surface area contributed by atoms with Crippen molar-refractivity contribution in [2.24, 2.45) is 0 Å². The summed E-state index contributed by atoms with van der Waals surface area (Å²) in [4.78, 5) is 12.0. The highest BCUT2D eigenvalue weighted by Crippen LogP contribution is 2.18. The van der Waals surface area contributed by atoms with Gasteiger partial charge in [0.15, 0.2) is 0 Å². The average Bonchev–Trinajstić information content (AvgIpc) is 2.84. The fourth-order valence-corrected chi connectivity index (χ4v) is 2.03. The van der Waals surface area contributed by atoms with Crippen molar-refractivity contribution in [3.05, 3.63) is 71.3 Å². The molecular formula is C18H20N2O3. The Morgan fingerprint density at radius 1 is 1.35 bits per heavy atom. The first-order valence-electron chi connectivity index (χ1n) is 7.29. The molecule has 0 radical (unpaired) electrons. The number of rotatable bonds is 6. The highest BCUT2D eigenvalue weighted by molar-refractivity contribution is 5.95. The van der Waals surface area contributed by atoms with Crippen LogP contribution in [-0.2, 0) is 6.61 Å². The Bertz CT molecular complexity index is 708. The molecule has 5 heteroatoms. The molecule has 0 saturated heterocycles. The molecule has 0 saturated carbocycles. The predicted octanol–water partition coefficient (Wildman–Crippen LogP) is 3.69. The average molecular weight is 312 g/mol. The van der Waals surface area contributed by atoms with Crippen molar-refractivity contribution >= 4 is 5.91 Å². The van der Waals surface area contributed by atoms with E-state index in [4.69, 9.17) is 9.26 Å². The van der Waals surface area contributed by atoms with Crippen molar-refractivity contribution in [1.82, 2.24) is 10.5 Å². The normalized spacial score (nSPS) is 10.7. The van der Waals surface area contributed by atoms with Crippen LogP contribution in [0.3, 0.4) is 0 Å². The first-order valence-corrected chi connectivity index (χ1v) is 7.29. The van der Waals surface area contributed by atoms with Crippen molar-refractivity contribution in [1.29, 1.82) is 0 Å². The molecule has 0 aliphatic rings. The summed E-state index contributed by atoms with van der Waals surface area (Å²) in [5.74, 6) is 1.22. The molecular weight excluding hydrogens is 292 g/mol. The molecule has 120 valence electrons. The minimum atomic E-state index is -0.203.